The number of nitrogens with one attached hydrogen (secondary N) is 1. The minimum atomic E-state index is -0.983. The molecule has 2 N–H and O–H groups in total. The highest BCUT2D eigenvalue weighted by atomic mass is 32.1. The molecule has 1 aromatic heterocycles. The Kier molecular flexibility index (Phi) is 4.49. The molecule has 88 valence electrons. The number of carboxylic acid groups (broad SMARTS) is 1. The van der Waals surface area contributed by atoms with Crippen molar-refractivity contribution in [3.05, 3.63) is 21.9 Å². The summed E-state index contributed by atoms with van der Waals surface area (Å²) in [6.45, 7) is 3.78. The number of carbonyl (C=O) groups excluding carboxylic acids is 1. The number of aliphatic carboxylic acids is 1. The Morgan fingerprint density at radius 3 is 2.69 bits per heavy atom. The van der Waals surface area contributed by atoms with E-state index in [9.17, 15) is 9.59 Å². The third-order valence-corrected chi connectivity index (χ3v) is 3.18. The number of carboxylic acids is 1. The van der Waals surface area contributed by atoms with Gasteiger partial charge in [0.25, 0.3) is 5.91 Å². The fourth-order valence-corrected chi connectivity index (χ4v) is 2.13. The highest BCUT2D eigenvalue weighted by Gasteiger charge is 2.20. The highest BCUT2D eigenvalue weighted by molar-refractivity contribution is 7.12. The summed E-state index contributed by atoms with van der Waals surface area (Å²) < 4.78 is 0. The molecule has 1 aromatic rings. The number of aryl methyl sites for hydroxylation is 1. The first kappa shape index (κ1) is 12.7. The van der Waals surface area contributed by atoms with Gasteiger partial charge in [0.2, 0.25) is 0 Å². The van der Waals surface area contributed by atoms with Gasteiger partial charge >= 0.3 is 5.97 Å². The maximum absolute atomic E-state index is 11.7. The summed E-state index contributed by atoms with van der Waals surface area (Å²) in [7, 11) is 0. The minimum Gasteiger partial charge on any atom is -0.480 e. The van der Waals surface area contributed by atoms with E-state index < -0.39 is 12.0 Å². The van der Waals surface area contributed by atoms with Gasteiger partial charge in [-0.3, -0.25) is 4.79 Å². The average Bonchev–Trinajstić information content (AvgIpc) is 2.64. The summed E-state index contributed by atoms with van der Waals surface area (Å²) in [5.41, 5.74) is 1.01. The van der Waals surface area contributed by atoms with Gasteiger partial charge in [0.05, 0.1) is 4.88 Å². The van der Waals surface area contributed by atoms with Crippen LogP contribution in [0.4, 0.5) is 0 Å². The van der Waals surface area contributed by atoms with E-state index in [-0.39, 0.29) is 5.91 Å². The summed E-state index contributed by atoms with van der Waals surface area (Å²) in [4.78, 5) is 23.1. The topological polar surface area (TPSA) is 66.4 Å². The molecule has 16 heavy (non-hydrogen) atoms. The molecule has 0 spiro atoms. The van der Waals surface area contributed by atoms with Crippen LogP contribution in [0.5, 0.6) is 0 Å². The second-order valence-electron chi connectivity index (χ2n) is 3.64. The van der Waals surface area contributed by atoms with Crippen LogP contribution in [-0.2, 0) is 4.79 Å². The van der Waals surface area contributed by atoms with Crippen molar-refractivity contribution in [2.24, 2.45) is 0 Å². The molecule has 1 heterocycles. The van der Waals surface area contributed by atoms with Crippen molar-refractivity contribution >= 4 is 23.2 Å². The molecule has 0 bridgehead atoms. The molecular formula is C11H15NO3S. The number of hydrogen-bond acceptors (Lipinski definition) is 3. The molecule has 0 aromatic carbocycles. The first-order chi connectivity index (χ1) is 7.54. The molecular weight excluding hydrogens is 226 g/mol. The molecule has 0 radical (unpaired) electrons. The predicted molar refractivity (Wildman–Crippen MR) is 62.9 cm³/mol. The van der Waals surface area contributed by atoms with Gasteiger partial charge in [0, 0.05) is 0 Å². The second-order valence-corrected chi connectivity index (χ2v) is 4.55. The minimum absolute atomic E-state index is 0.307. The molecule has 1 rings (SSSR count). The van der Waals surface area contributed by atoms with Crippen LogP contribution in [0.2, 0.25) is 0 Å². The molecule has 0 unspecified atom stereocenters. The maximum atomic E-state index is 11.7. The lowest BCUT2D eigenvalue weighted by atomic mass is 10.1. The molecule has 0 aliphatic carbocycles. The summed E-state index contributed by atoms with van der Waals surface area (Å²) >= 11 is 1.32. The quantitative estimate of drug-likeness (QED) is 0.829. The lowest BCUT2D eigenvalue weighted by Gasteiger charge is -2.12. The molecule has 0 saturated carbocycles. The van der Waals surface area contributed by atoms with E-state index in [0.29, 0.717) is 11.3 Å². The van der Waals surface area contributed by atoms with Crippen LogP contribution in [0.3, 0.4) is 0 Å². The molecule has 5 heteroatoms. The van der Waals surface area contributed by atoms with E-state index >= 15 is 0 Å². The second kappa shape index (κ2) is 5.65. The summed E-state index contributed by atoms with van der Waals surface area (Å²) in [5, 5.41) is 13.3. The van der Waals surface area contributed by atoms with E-state index in [1.807, 2.05) is 19.2 Å². The summed E-state index contributed by atoms with van der Waals surface area (Å²) in [6, 6.07) is 0.963. The Hall–Kier alpha value is -1.36. The molecule has 1 amide bonds. The van der Waals surface area contributed by atoms with Gasteiger partial charge in [0.15, 0.2) is 0 Å². The number of amides is 1. The van der Waals surface area contributed by atoms with Crippen molar-refractivity contribution in [2.75, 3.05) is 0 Å². The van der Waals surface area contributed by atoms with E-state index in [1.54, 1.807) is 6.07 Å². The van der Waals surface area contributed by atoms with E-state index in [2.05, 4.69) is 5.32 Å². The van der Waals surface area contributed by atoms with Crippen molar-refractivity contribution in [1.82, 2.24) is 5.32 Å². The van der Waals surface area contributed by atoms with Crippen molar-refractivity contribution in [2.45, 2.75) is 32.7 Å². The molecule has 0 saturated heterocycles. The van der Waals surface area contributed by atoms with Gasteiger partial charge in [-0.15, -0.1) is 11.3 Å². The van der Waals surface area contributed by atoms with Crippen LogP contribution in [0.15, 0.2) is 11.4 Å². The first-order valence-corrected chi connectivity index (χ1v) is 6.01. The van der Waals surface area contributed by atoms with Crippen LogP contribution in [0, 0.1) is 6.92 Å². The molecule has 4 nitrogen and oxygen atoms in total. The third kappa shape index (κ3) is 3.34. The third-order valence-electron chi connectivity index (χ3n) is 2.14. The molecule has 1 atom stereocenters. The Morgan fingerprint density at radius 2 is 2.25 bits per heavy atom. The van der Waals surface area contributed by atoms with Crippen molar-refractivity contribution in [1.29, 1.82) is 0 Å². The molecule has 0 aliphatic rings. The zero-order valence-corrected chi connectivity index (χ0v) is 10.1. The Morgan fingerprint density at radius 1 is 1.56 bits per heavy atom. The van der Waals surface area contributed by atoms with E-state index in [0.717, 1.165) is 12.0 Å². The molecule has 0 fully saturated rings. The van der Waals surface area contributed by atoms with Crippen LogP contribution < -0.4 is 5.32 Å². The Labute approximate surface area is 98.3 Å². The standard InChI is InChI=1S/C11H15NO3S/c1-3-4-8(11(14)15)12-10(13)9-5-7(2)6-16-9/h5-6,8H,3-4H2,1-2H3,(H,12,13)(H,14,15)/t8-/m0/s1. The Bertz CT molecular complexity index is 386. The summed E-state index contributed by atoms with van der Waals surface area (Å²) in [5.74, 6) is -1.29. The highest BCUT2D eigenvalue weighted by Crippen LogP contribution is 2.13. The largest absolute Gasteiger partial charge is 0.480 e. The lowest BCUT2D eigenvalue weighted by molar-refractivity contribution is -0.139. The lowest BCUT2D eigenvalue weighted by Crippen LogP contribution is -2.40. The van der Waals surface area contributed by atoms with Crippen LogP contribution >= 0.6 is 11.3 Å². The first-order valence-electron chi connectivity index (χ1n) is 5.13. The predicted octanol–water partition coefficient (Wildman–Crippen LogP) is 2.04. The monoisotopic (exact) mass is 241 g/mol. The van der Waals surface area contributed by atoms with E-state index in [1.165, 1.54) is 11.3 Å². The number of hydrogen-bond donors (Lipinski definition) is 2. The fraction of sp³-hybridized carbons (Fsp3) is 0.455. The number of carbonyl (C=O) groups is 2. The van der Waals surface area contributed by atoms with E-state index in [4.69, 9.17) is 5.11 Å². The SMILES string of the molecule is CCC[C@H](NC(=O)c1cc(C)cs1)C(=O)O. The molecule has 0 aliphatic heterocycles. The zero-order chi connectivity index (χ0) is 12.1. The van der Waals surface area contributed by atoms with Gasteiger partial charge in [-0.2, -0.15) is 0 Å². The van der Waals surface area contributed by atoms with Crippen LogP contribution in [-0.4, -0.2) is 23.0 Å². The van der Waals surface area contributed by atoms with Crippen molar-refractivity contribution < 1.29 is 14.7 Å². The van der Waals surface area contributed by atoms with Gasteiger partial charge < -0.3 is 10.4 Å². The van der Waals surface area contributed by atoms with Crippen LogP contribution in [0.1, 0.15) is 35.0 Å². The summed E-state index contributed by atoms with van der Waals surface area (Å²) in [6.07, 6.45) is 1.17. The van der Waals surface area contributed by atoms with Crippen molar-refractivity contribution in [3.63, 3.8) is 0 Å². The smallest absolute Gasteiger partial charge is 0.326 e. The van der Waals surface area contributed by atoms with Gasteiger partial charge in [0.1, 0.15) is 6.04 Å². The average molecular weight is 241 g/mol. The van der Waals surface area contributed by atoms with Crippen molar-refractivity contribution in [3.8, 4) is 0 Å². The van der Waals surface area contributed by atoms with Gasteiger partial charge in [-0.25, -0.2) is 4.79 Å². The van der Waals surface area contributed by atoms with Gasteiger partial charge in [-0.1, -0.05) is 13.3 Å². The number of thiophene rings is 1. The Balaban J connectivity index is 2.65. The van der Waals surface area contributed by atoms with Gasteiger partial charge in [-0.05, 0) is 30.4 Å². The van der Waals surface area contributed by atoms with Crippen LogP contribution in [0.25, 0.3) is 0 Å². The number of rotatable bonds is 5. The normalized spacial score (nSPS) is 12.1. The fourth-order valence-electron chi connectivity index (χ4n) is 1.33. The zero-order valence-electron chi connectivity index (χ0n) is 9.32. The maximum Gasteiger partial charge on any atom is 0.326 e.